The molecular weight excluding hydrogens is 527 g/mol. The molecule has 7 nitrogen and oxygen atoms in total. The SMILES string of the molecule is CCOC(=O)C1=CCC(/C=C/C2(O)C(=O)N(Cc3ccccc3)c3c(C(F)(F)F)cccc32)(C(=O)OCC)CC1. The number of ether oxygens (including phenoxy) is 2. The zero-order chi connectivity index (χ0) is 29.1. The van der Waals surface area contributed by atoms with Gasteiger partial charge in [-0.15, -0.1) is 0 Å². The van der Waals surface area contributed by atoms with E-state index < -0.39 is 46.3 Å². The molecule has 2 aromatic carbocycles. The molecule has 0 saturated heterocycles. The number of hydrogen-bond acceptors (Lipinski definition) is 6. The lowest BCUT2D eigenvalue weighted by Crippen LogP contribution is -2.40. The third kappa shape index (κ3) is 5.40. The Hall–Kier alpha value is -3.92. The maximum atomic E-state index is 14.1. The summed E-state index contributed by atoms with van der Waals surface area (Å²) in [5, 5.41) is 11.7. The van der Waals surface area contributed by atoms with Crippen LogP contribution in [0.25, 0.3) is 0 Å². The summed E-state index contributed by atoms with van der Waals surface area (Å²) in [5.74, 6) is -2.11. The van der Waals surface area contributed by atoms with E-state index in [4.69, 9.17) is 9.47 Å². The minimum atomic E-state index is -4.79. The number of rotatable bonds is 8. The average molecular weight is 558 g/mol. The van der Waals surface area contributed by atoms with Crippen LogP contribution in [0.1, 0.15) is 49.8 Å². The van der Waals surface area contributed by atoms with Crippen molar-refractivity contribution in [3.05, 3.63) is 89.0 Å². The van der Waals surface area contributed by atoms with Crippen LogP contribution in [0.2, 0.25) is 0 Å². The van der Waals surface area contributed by atoms with Crippen molar-refractivity contribution in [1.82, 2.24) is 0 Å². The predicted molar refractivity (Wildman–Crippen MR) is 140 cm³/mol. The number of aliphatic hydroxyl groups is 1. The lowest BCUT2D eigenvalue weighted by Gasteiger charge is -2.32. The van der Waals surface area contributed by atoms with Gasteiger partial charge in [0.1, 0.15) is 0 Å². The van der Waals surface area contributed by atoms with Gasteiger partial charge in [-0.1, -0.05) is 54.6 Å². The fourth-order valence-corrected chi connectivity index (χ4v) is 5.11. The van der Waals surface area contributed by atoms with Crippen LogP contribution in [0.5, 0.6) is 0 Å². The van der Waals surface area contributed by atoms with Crippen LogP contribution >= 0.6 is 0 Å². The highest BCUT2D eigenvalue weighted by molar-refractivity contribution is 6.09. The van der Waals surface area contributed by atoms with Gasteiger partial charge in [-0.2, -0.15) is 13.2 Å². The van der Waals surface area contributed by atoms with Crippen molar-refractivity contribution in [1.29, 1.82) is 0 Å². The van der Waals surface area contributed by atoms with E-state index in [9.17, 15) is 32.7 Å². The van der Waals surface area contributed by atoms with Gasteiger partial charge in [0.2, 0.25) is 0 Å². The van der Waals surface area contributed by atoms with Crippen LogP contribution in [0.3, 0.4) is 0 Å². The molecule has 10 heteroatoms. The molecule has 0 bridgehead atoms. The molecule has 2 unspecified atom stereocenters. The number of esters is 2. The number of halogens is 3. The topological polar surface area (TPSA) is 93.1 Å². The number of benzene rings is 2. The summed E-state index contributed by atoms with van der Waals surface area (Å²) in [4.78, 5) is 39.9. The van der Waals surface area contributed by atoms with E-state index >= 15 is 0 Å². The van der Waals surface area contributed by atoms with E-state index in [1.54, 1.807) is 50.3 Å². The van der Waals surface area contributed by atoms with Gasteiger partial charge in [-0.3, -0.25) is 9.59 Å². The van der Waals surface area contributed by atoms with Crippen LogP contribution in [0.4, 0.5) is 18.9 Å². The molecule has 1 amide bonds. The molecule has 0 saturated carbocycles. The summed E-state index contributed by atoms with van der Waals surface area (Å²) in [5.41, 5.74) is -4.60. The van der Waals surface area contributed by atoms with Crippen LogP contribution in [0, 0.1) is 5.41 Å². The Morgan fingerprint density at radius 3 is 2.33 bits per heavy atom. The molecule has 1 heterocycles. The number of carbonyl (C=O) groups is 3. The third-order valence-corrected chi connectivity index (χ3v) is 7.19. The van der Waals surface area contributed by atoms with Crippen LogP contribution < -0.4 is 4.90 Å². The molecule has 1 N–H and O–H groups in total. The van der Waals surface area contributed by atoms with Gasteiger partial charge in [0, 0.05) is 11.1 Å². The average Bonchev–Trinajstić information content (AvgIpc) is 3.14. The highest BCUT2D eigenvalue weighted by Gasteiger charge is 2.53. The van der Waals surface area contributed by atoms with Crippen LogP contribution in [-0.2, 0) is 42.2 Å². The van der Waals surface area contributed by atoms with E-state index in [1.807, 2.05) is 0 Å². The summed E-state index contributed by atoms with van der Waals surface area (Å²) < 4.78 is 52.5. The van der Waals surface area contributed by atoms with E-state index in [0.29, 0.717) is 11.1 Å². The molecule has 40 heavy (non-hydrogen) atoms. The van der Waals surface area contributed by atoms with Gasteiger partial charge in [0.05, 0.1) is 36.4 Å². The number of fused-ring (bicyclic) bond motifs is 1. The number of para-hydroxylation sites is 1. The molecule has 212 valence electrons. The summed E-state index contributed by atoms with van der Waals surface area (Å²) in [6.07, 6.45) is -0.523. The van der Waals surface area contributed by atoms with E-state index in [1.165, 1.54) is 12.1 Å². The first-order chi connectivity index (χ1) is 19.0. The number of hydrogen-bond donors (Lipinski definition) is 1. The quantitative estimate of drug-likeness (QED) is 0.354. The Morgan fingerprint density at radius 1 is 1.02 bits per heavy atom. The molecule has 1 aliphatic carbocycles. The smallest absolute Gasteiger partial charge is 0.418 e. The van der Waals surface area contributed by atoms with Gasteiger partial charge in [0.15, 0.2) is 5.60 Å². The predicted octanol–water partition coefficient (Wildman–Crippen LogP) is 5.22. The molecule has 1 aliphatic heterocycles. The molecule has 4 rings (SSSR count). The lowest BCUT2D eigenvalue weighted by molar-refractivity contribution is -0.153. The molecule has 0 radical (unpaired) electrons. The summed E-state index contributed by atoms with van der Waals surface area (Å²) in [6.45, 7) is 3.35. The van der Waals surface area contributed by atoms with Gasteiger partial charge in [-0.25, -0.2) is 4.79 Å². The molecule has 2 atom stereocenters. The number of alkyl halides is 3. The Labute approximate surface area is 229 Å². The van der Waals surface area contributed by atoms with Crippen molar-refractivity contribution < 1.29 is 42.1 Å². The molecule has 0 fully saturated rings. The van der Waals surface area contributed by atoms with Crippen molar-refractivity contribution in [2.24, 2.45) is 5.41 Å². The first-order valence-electron chi connectivity index (χ1n) is 13.0. The molecule has 2 aromatic rings. The largest absolute Gasteiger partial charge is 0.465 e. The van der Waals surface area contributed by atoms with Gasteiger partial charge < -0.3 is 19.5 Å². The van der Waals surface area contributed by atoms with Gasteiger partial charge >= 0.3 is 18.1 Å². The highest BCUT2D eigenvalue weighted by Crippen LogP contribution is 2.49. The number of allylic oxidation sites excluding steroid dienone is 1. The maximum Gasteiger partial charge on any atom is 0.418 e. The van der Waals surface area contributed by atoms with E-state index in [0.717, 1.165) is 23.1 Å². The molecular formula is C30H30F3NO6. The molecule has 0 aromatic heterocycles. The van der Waals surface area contributed by atoms with Crippen molar-refractivity contribution in [3.8, 4) is 0 Å². The molecule has 0 spiro atoms. The Kier molecular flexibility index (Phi) is 8.20. The first-order valence-corrected chi connectivity index (χ1v) is 13.0. The molecule has 2 aliphatic rings. The number of nitrogens with zero attached hydrogens (tertiary/aromatic N) is 1. The van der Waals surface area contributed by atoms with Gasteiger partial charge in [0.25, 0.3) is 5.91 Å². The normalized spacial score (nSPS) is 22.7. The Balaban J connectivity index is 1.79. The summed E-state index contributed by atoms with van der Waals surface area (Å²) >= 11 is 0. The second kappa shape index (κ2) is 11.3. The van der Waals surface area contributed by atoms with Crippen molar-refractivity contribution in [3.63, 3.8) is 0 Å². The van der Waals surface area contributed by atoms with Crippen LogP contribution in [0.15, 0.2) is 72.3 Å². The maximum absolute atomic E-state index is 14.1. The minimum absolute atomic E-state index is 0.0178. The van der Waals surface area contributed by atoms with Crippen molar-refractivity contribution in [2.75, 3.05) is 18.1 Å². The Bertz CT molecular complexity index is 1350. The first kappa shape index (κ1) is 29.1. The monoisotopic (exact) mass is 557 g/mol. The Morgan fingerprint density at radius 2 is 1.73 bits per heavy atom. The van der Waals surface area contributed by atoms with E-state index in [2.05, 4.69) is 0 Å². The number of anilines is 1. The summed E-state index contributed by atoms with van der Waals surface area (Å²) in [7, 11) is 0. The number of amides is 1. The van der Waals surface area contributed by atoms with E-state index in [-0.39, 0.29) is 44.6 Å². The van der Waals surface area contributed by atoms with Crippen molar-refractivity contribution in [2.45, 2.75) is 51.4 Å². The lowest BCUT2D eigenvalue weighted by atomic mass is 9.73. The fourth-order valence-electron chi connectivity index (χ4n) is 5.11. The minimum Gasteiger partial charge on any atom is -0.465 e. The standard InChI is InChI=1S/C30H30F3NO6/c1-3-39-25(35)21-13-15-28(16-14-21,27(37)40-4-2)17-18-29(38)22-11-8-12-23(30(31,32)33)24(22)34(26(29)36)19-20-9-6-5-7-10-20/h5-13,17-18,38H,3-4,14-16,19H2,1-2H3/b18-17+. The number of carbonyl (C=O) groups excluding carboxylic acids is 3. The van der Waals surface area contributed by atoms with Crippen molar-refractivity contribution >= 4 is 23.5 Å². The second-order valence-electron chi connectivity index (χ2n) is 9.71. The van der Waals surface area contributed by atoms with Crippen LogP contribution in [-0.4, -0.2) is 36.2 Å². The zero-order valence-corrected chi connectivity index (χ0v) is 22.2. The third-order valence-electron chi connectivity index (χ3n) is 7.19. The zero-order valence-electron chi connectivity index (χ0n) is 22.2. The summed E-state index contributed by atoms with van der Waals surface area (Å²) in [6, 6.07) is 11.7. The highest BCUT2D eigenvalue weighted by atomic mass is 19.4. The fraction of sp³-hybridized carbons (Fsp3) is 0.367. The second-order valence-corrected chi connectivity index (χ2v) is 9.71. The van der Waals surface area contributed by atoms with Gasteiger partial charge in [-0.05, 0) is 50.8 Å².